The number of ether oxygens (including phenoxy) is 4. The Kier molecular flexibility index (Phi) is 5.76. The molecule has 2 rings (SSSR count). The van der Waals surface area contributed by atoms with Crippen LogP contribution in [0.5, 0.6) is 23.0 Å². The van der Waals surface area contributed by atoms with Gasteiger partial charge in [-0.05, 0) is 29.8 Å². The summed E-state index contributed by atoms with van der Waals surface area (Å²) in [5, 5.41) is 20.3. The second-order valence-corrected chi connectivity index (χ2v) is 4.89. The van der Waals surface area contributed by atoms with Crippen LogP contribution >= 0.6 is 0 Å². The highest BCUT2D eigenvalue weighted by atomic mass is 16.5. The first kappa shape index (κ1) is 16.4. The Labute approximate surface area is 142 Å². The molecule has 2 aromatic rings. The zero-order chi connectivity index (χ0) is 18.4. The summed E-state index contributed by atoms with van der Waals surface area (Å²) in [7, 11) is 4.44. The smallest absolute Gasteiger partial charge is 0.161 e. The Morgan fingerprint density at radius 1 is 0.917 bits per heavy atom. The van der Waals surface area contributed by atoms with Gasteiger partial charge in [-0.3, -0.25) is 0 Å². The third kappa shape index (κ3) is 3.90. The SMILES string of the molecule is [2H]C(CO)(Oc1ccccc1OC)C(O)c1ccc(OC)c(OC)c1. The van der Waals surface area contributed by atoms with E-state index < -0.39 is 18.8 Å². The predicted molar refractivity (Wildman–Crippen MR) is 89.0 cm³/mol. The van der Waals surface area contributed by atoms with E-state index in [2.05, 4.69) is 0 Å². The minimum absolute atomic E-state index is 0.244. The lowest BCUT2D eigenvalue weighted by molar-refractivity contribution is -0.000514. The van der Waals surface area contributed by atoms with Gasteiger partial charge in [0.2, 0.25) is 0 Å². The maximum atomic E-state index is 10.6. The number of benzene rings is 2. The Bertz CT molecular complexity index is 708. The first-order valence-electron chi connectivity index (χ1n) is 7.82. The van der Waals surface area contributed by atoms with Crippen LogP contribution in [0.4, 0.5) is 0 Å². The number of rotatable bonds is 8. The molecule has 0 saturated heterocycles. The molecule has 0 aromatic heterocycles. The zero-order valence-corrected chi connectivity index (χ0v) is 13.9. The van der Waals surface area contributed by atoms with E-state index in [4.69, 9.17) is 20.3 Å². The molecule has 2 aromatic carbocycles. The highest BCUT2D eigenvalue weighted by molar-refractivity contribution is 5.44. The van der Waals surface area contributed by atoms with Gasteiger partial charge in [-0.1, -0.05) is 18.2 Å². The molecule has 6 heteroatoms. The van der Waals surface area contributed by atoms with Crippen molar-refractivity contribution in [1.82, 2.24) is 0 Å². The van der Waals surface area contributed by atoms with E-state index >= 15 is 0 Å². The average Bonchev–Trinajstić information content (AvgIpc) is 2.67. The summed E-state index contributed by atoms with van der Waals surface area (Å²) in [5.74, 6) is 1.53. The van der Waals surface area contributed by atoms with Crippen molar-refractivity contribution in [2.45, 2.75) is 12.2 Å². The van der Waals surface area contributed by atoms with Gasteiger partial charge in [0.05, 0.1) is 29.3 Å². The van der Waals surface area contributed by atoms with Crippen LogP contribution in [0.1, 0.15) is 13.0 Å². The van der Waals surface area contributed by atoms with Crippen molar-refractivity contribution >= 4 is 0 Å². The van der Waals surface area contributed by atoms with Crippen LogP contribution in [0, 0.1) is 0 Å². The molecule has 0 aliphatic carbocycles. The summed E-state index contributed by atoms with van der Waals surface area (Å²) < 4.78 is 29.5. The Hall–Kier alpha value is -2.44. The number of methoxy groups -OCH3 is 3. The Morgan fingerprint density at radius 2 is 1.50 bits per heavy atom. The van der Waals surface area contributed by atoms with E-state index in [1.165, 1.54) is 27.4 Å². The van der Waals surface area contributed by atoms with Gasteiger partial charge in [0, 0.05) is 0 Å². The van der Waals surface area contributed by atoms with Crippen LogP contribution in [0.25, 0.3) is 0 Å². The summed E-state index contributed by atoms with van der Waals surface area (Å²) in [6.45, 7) is -0.736. The number of aliphatic hydroxyl groups is 2. The molecule has 24 heavy (non-hydrogen) atoms. The van der Waals surface area contributed by atoms with Crippen molar-refractivity contribution in [3.8, 4) is 23.0 Å². The van der Waals surface area contributed by atoms with E-state index in [-0.39, 0.29) is 5.75 Å². The van der Waals surface area contributed by atoms with Crippen molar-refractivity contribution in [2.24, 2.45) is 0 Å². The van der Waals surface area contributed by atoms with Crippen LogP contribution in [0.3, 0.4) is 0 Å². The maximum Gasteiger partial charge on any atom is 0.161 e. The number of aliphatic hydroxyl groups excluding tert-OH is 2. The van der Waals surface area contributed by atoms with Gasteiger partial charge < -0.3 is 29.2 Å². The van der Waals surface area contributed by atoms with Crippen molar-refractivity contribution < 1.29 is 30.5 Å². The molecular weight excluding hydrogens is 312 g/mol. The quantitative estimate of drug-likeness (QED) is 0.770. The molecule has 2 unspecified atom stereocenters. The monoisotopic (exact) mass is 335 g/mol. The highest BCUT2D eigenvalue weighted by Crippen LogP contribution is 2.33. The Balaban J connectivity index is 2.34. The van der Waals surface area contributed by atoms with E-state index in [1.54, 1.807) is 36.4 Å². The lowest BCUT2D eigenvalue weighted by atomic mass is 10.0. The number of hydrogen-bond acceptors (Lipinski definition) is 6. The molecular formula is C18H22O6. The van der Waals surface area contributed by atoms with Crippen molar-refractivity contribution in [2.75, 3.05) is 27.9 Å². The molecule has 0 fully saturated rings. The van der Waals surface area contributed by atoms with Crippen LogP contribution < -0.4 is 18.9 Å². The molecule has 0 aliphatic heterocycles. The Morgan fingerprint density at radius 3 is 2.08 bits per heavy atom. The molecule has 0 bridgehead atoms. The van der Waals surface area contributed by atoms with Crippen molar-refractivity contribution in [3.05, 3.63) is 48.0 Å². The summed E-state index contributed by atoms with van der Waals surface area (Å²) in [6.07, 6.45) is -3.48. The summed E-state index contributed by atoms with van der Waals surface area (Å²) in [4.78, 5) is 0. The standard InChI is InChI=1S/C18H22O6/c1-21-13-6-4-5-7-15(13)24-17(11-19)18(20)12-8-9-14(22-2)16(10-12)23-3/h4-10,17-20H,11H2,1-3H3/i17D. The summed E-state index contributed by atoms with van der Waals surface area (Å²) in [6, 6.07) is 11.4. The van der Waals surface area contributed by atoms with Gasteiger partial charge in [-0.2, -0.15) is 0 Å². The lowest BCUT2D eigenvalue weighted by Crippen LogP contribution is -2.29. The van der Waals surface area contributed by atoms with Crippen LogP contribution in [-0.4, -0.2) is 44.2 Å². The second-order valence-electron chi connectivity index (χ2n) is 4.89. The van der Waals surface area contributed by atoms with Crippen molar-refractivity contribution in [1.29, 1.82) is 0 Å². The topological polar surface area (TPSA) is 77.4 Å². The van der Waals surface area contributed by atoms with Gasteiger partial charge in [0.1, 0.15) is 6.10 Å². The molecule has 6 nitrogen and oxygen atoms in total. The minimum atomic E-state index is -2.03. The molecule has 0 amide bonds. The van der Waals surface area contributed by atoms with Crippen LogP contribution in [0.15, 0.2) is 42.5 Å². The molecule has 130 valence electrons. The summed E-state index contributed by atoms with van der Waals surface area (Å²) >= 11 is 0. The first-order valence-corrected chi connectivity index (χ1v) is 7.32. The summed E-state index contributed by atoms with van der Waals surface area (Å²) in [5.41, 5.74) is 0.344. The fourth-order valence-corrected chi connectivity index (χ4v) is 2.23. The zero-order valence-electron chi connectivity index (χ0n) is 14.9. The largest absolute Gasteiger partial charge is 0.493 e. The third-order valence-corrected chi connectivity index (χ3v) is 3.49. The highest BCUT2D eigenvalue weighted by Gasteiger charge is 2.24. The van der Waals surface area contributed by atoms with Crippen LogP contribution in [0.2, 0.25) is 0 Å². The van der Waals surface area contributed by atoms with Gasteiger partial charge in [-0.15, -0.1) is 0 Å². The molecule has 0 radical (unpaired) electrons. The third-order valence-electron chi connectivity index (χ3n) is 3.49. The number of hydrogen-bond donors (Lipinski definition) is 2. The molecule has 0 saturated carbocycles. The normalized spacial score (nSPS) is 15.0. The first-order chi connectivity index (χ1) is 12.0. The number of para-hydroxylation sites is 2. The average molecular weight is 335 g/mol. The molecule has 0 aliphatic rings. The van der Waals surface area contributed by atoms with Crippen LogP contribution in [-0.2, 0) is 0 Å². The lowest BCUT2D eigenvalue weighted by Gasteiger charge is -2.24. The van der Waals surface area contributed by atoms with Crippen molar-refractivity contribution in [3.63, 3.8) is 0 Å². The van der Waals surface area contributed by atoms with E-state index in [1.807, 2.05) is 0 Å². The van der Waals surface area contributed by atoms with E-state index in [0.717, 1.165) is 0 Å². The fraction of sp³-hybridized carbons (Fsp3) is 0.333. The molecule has 0 spiro atoms. The molecule has 0 heterocycles. The molecule has 2 atom stereocenters. The van der Waals surface area contributed by atoms with E-state index in [0.29, 0.717) is 22.8 Å². The van der Waals surface area contributed by atoms with E-state index in [9.17, 15) is 10.2 Å². The van der Waals surface area contributed by atoms with Gasteiger partial charge >= 0.3 is 0 Å². The second kappa shape index (κ2) is 8.42. The maximum absolute atomic E-state index is 10.6. The molecule has 2 N–H and O–H groups in total. The van der Waals surface area contributed by atoms with Gasteiger partial charge in [-0.25, -0.2) is 0 Å². The predicted octanol–water partition coefficient (Wildman–Crippen LogP) is 2.19. The van der Waals surface area contributed by atoms with Gasteiger partial charge in [0.15, 0.2) is 29.1 Å². The van der Waals surface area contributed by atoms with Gasteiger partial charge in [0.25, 0.3) is 0 Å². The minimum Gasteiger partial charge on any atom is -0.493 e. The fourth-order valence-electron chi connectivity index (χ4n) is 2.23.